The Balaban J connectivity index is 1.31. The topological polar surface area (TPSA) is 62.1 Å². The molecule has 2 aromatic heterocycles. The van der Waals surface area contributed by atoms with Gasteiger partial charge in [0.25, 0.3) is 0 Å². The molecule has 1 aliphatic heterocycles. The number of anilines is 2. The van der Waals surface area contributed by atoms with Gasteiger partial charge in [0.05, 0.1) is 17.6 Å². The van der Waals surface area contributed by atoms with Crippen molar-refractivity contribution >= 4 is 11.6 Å². The molecule has 34 heavy (non-hydrogen) atoms. The standard InChI is InChI=1S/C27H31N7/c1-20-4-8-22(9-5-20)26-24(18-29-33(26)3)25-12-13-28-27(31-25)30-23-10-6-21(7-11-23)19-34-16-14-32(2)15-17-34/h4-13,18H,14-17,19H2,1-3H3,(H,28,30,31). The first-order valence-corrected chi connectivity index (χ1v) is 11.7. The van der Waals surface area contributed by atoms with Crippen molar-refractivity contribution in [3.63, 3.8) is 0 Å². The van der Waals surface area contributed by atoms with Crippen molar-refractivity contribution in [1.29, 1.82) is 0 Å². The van der Waals surface area contributed by atoms with E-state index in [1.807, 2.05) is 24.0 Å². The molecule has 7 nitrogen and oxygen atoms in total. The minimum Gasteiger partial charge on any atom is -0.324 e. The molecule has 3 heterocycles. The van der Waals surface area contributed by atoms with Gasteiger partial charge in [-0.2, -0.15) is 5.10 Å². The van der Waals surface area contributed by atoms with Crippen LogP contribution in [0.1, 0.15) is 11.1 Å². The van der Waals surface area contributed by atoms with Gasteiger partial charge in [-0.15, -0.1) is 0 Å². The summed E-state index contributed by atoms with van der Waals surface area (Å²) >= 11 is 0. The van der Waals surface area contributed by atoms with Gasteiger partial charge in [-0.1, -0.05) is 42.0 Å². The van der Waals surface area contributed by atoms with Crippen LogP contribution in [0.15, 0.2) is 67.0 Å². The molecule has 4 aromatic rings. The van der Waals surface area contributed by atoms with Crippen molar-refractivity contribution < 1.29 is 0 Å². The molecule has 0 saturated carbocycles. The van der Waals surface area contributed by atoms with Crippen molar-refractivity contribution in [1.82, 2.24) is 29.5 Å². The average Bonchev–Trinajstić information content (AvgIpc) is 3.24. The zero-order chi connectivity index (χ0) is 23.5. The van der Waals surface area contributed by atoms with Gasteiger partial charge in [-0.05, 0) is 37.7 Å². The number of likely N-dealkylation sites (N-methyl/N-ethyl adjacent to an activating group) is 1. The van der Waals surface area contributed by atoms with E-state index in [0.717, 1.165) is 60.9 Å². The summed E-state index contributed by atoms with van der Waals surface area (Å²) in [6.07, 6.45) is 3.66. The van der Waals surface area contributed by atoms with Crippen LogP contribution in [0.2, 0.25) is 0 Å². The van der Waals surface area contributed by atoms with Crippen molar-refractivity contribution in [2.75, 3.05) is 38.5 Å². The van der Waals surface area contributed by atoms with Crippen molar-refractivity contribution in [3.05, 3.63) is 78.1 Å². The zero-order valence-electron chi connectivity index (χ0n) is 20.1. The summed E-state index contributed by atoms with van der Waals surface area (Å²) in [5.74, 6) is 0.572. The minimum atomic E-state index is 0.572. The number of hydrogen-bond acceptors (Lipinski definition) is 6. The fraction of sp³-hybridized carbons (Fsp3) is 0.296. The van der Waals surface area contributed by atoms with E-state index in [4.69, 9.17) is 4.98 Å². The molecule has 7 heteroatoms. The van der Waals surface area contributed by atoms with Crippen LogP contribution >= 0.6 is 0 Å². The lowest BCUT2D eigenvalue weighted by Gasteiger charge is -2.32. The zero-order valence-corrected chi connectivity index (χ0v) is 20.1. The SMILES string of the molecule is Cc1ccc(-c2c(-c3ccnc(Nc4ccc(CN5CCN(C)CC5)cc4)n3)cnn2C)cc1. The van der Waals surface area contributed by atoms with Gasteiger partial charge in [0.1, 0.15) is 0 Å². The number of piperazine rings is 1. The second-order valence-electron chi connectivity index (χ2n) is 9.06. The van der Waals surface area contributed by atoms with Gasteiger partial charge in [-0.3, -0.25) is 9.58 Å². The molecule has 0 atom stereocenters. The molecule has 0 amide bonds. The van der Waals surface area contributed by atoms with Crippen LogP contribution in [0.4, 0.5) is 11.6 Å². The Morgan fingerprint density at radius 2 is 1.62 bits per heavy atom. The molecule has 0 spiro atoms. The van der Waals surface area contributed by atoms with Crippen LogP contribution in [0.5, 0.6) is 0 Å². The summed E-state index contributed by atoms with van der Waals surface area (Å²) in [6, 6.07) is 19.0. The number of nitrogens with zero attached hydrogens (tertiary/aromatic N) is 6. The fourth-order valence-corrected chi connectivity index (χ4v) is 4.33. The summed E-state index contributed by atoms with van der Waals surface area (Å²) in [6.45, 7) is 7.59. The fourth-order valence-electron chi connectivity index (χ4n) is 4.33. The van der Waals surface area contributed by atoms with Crippen LogP contribution in [0, 0.1) is 6.92 Å². The second kappa shape index (κ2) is 9.75. The van der Waals surface area contributed by atoms with E-state index in [0.29, 0.717) is 5.95 Å². The van der Waals surface area contributed by atoms with Crippen LogP contribution in [-0.2, 0) is 13.6 Å². The first-order valence-electron chi connectivity index (χ1n) is 11.7. The summed E-state index contributed by atoms with van der Waals surface area (Å²) in [4.78, 5) is 14.1. The lowest BCUT2D eigenvalue weighted by molar-refractivity contribution is 0.148. The highest BCUT2D eigenvalue weighted by atomic mass is 15.3. The number of rotatable bonds is 6. The molecule has 5 rings (SSSR count). The Kier molecular flexibility index (Phi) is 6.38. The molecule has 1 N–H and O–H groups in total. The largest absolute Gasteiger partial charge is 0.324 e. The molecule has 1 aliphatic rings. The Morgan fingerprint density at radius 1 is 0.882 bits per heavy atom. The molecule has 0 radical (unpaired) electrons. The van der Waals surface area contributed by atoms with Crippen LogP contribution in [0.25, 0.3) is 22.5 Å². The quantitative estimate of drug-likeness (QED) is 0.469. The molecular formula is C27H31N7. The molecular weight excluding hydrogens is 422 g/mol. The number of benzene rings is 2. The number of nitrogens with one attached hydrogen (secondary N) is 1. The normalized spacial score (nSPS) is 14.9. The highest BCUT2D eigenvalue weighted by Gasteiger charge is 2.16. The third kappa shape index (κ3) is 5.00. The van der Waals surface area contributed by atoms with Gasteiger partial charge in [0.2, 0.25) is 5.95 Å². The smallest absolute Gasteiger partial charge is 0.227 e. The first-order chi connectivity index (χ1) is 16.5. The Morgan fingerprint density at radius 3 is 2.35 bits per heavy atom. The molecule has 174 valence electrons. The number of aryl methyl sites for hydroxylation is 2. The minimum absolute atomic E-state index is 0.572. The van der Waals surface area contributed by atoms with E-state index in [1.165, 1.54) is 11.1 Å². The average molecular weight is 454 g/mol. The van der Waals surface area contributed by atoms with E-state index in [2.05, 4.69) is 87.7 Å². The lowest BCUT2D eigenvalue weighted by atomic mass is 10.0. The molecule has 2 aromatic carbocycles. The predicted molar refractivity (Wildman–Crippen MR) is 137 cm³/mol. The molecule has 0 unspecified atom stereocenters. The summed E-state index contributed by atoms with van der Waals surface area (Å²) in [5.41, 5.74) is 7.51. The van der Waals surface area contributed by atoms with E-state index in [-0.39, 0.29) is 0 Å². The molecule has 0 bridgehead atoms. The van der Waals surface area contributed by atoms with Crippen LogP contribution < -0.4 is 5.32 Å². The molecule has 0 aliphatic carbocycles. The van der Waals surface area contributed by atoms with Crippen LogP contribution in [0.3, 0.4) is 0 Å². The van der Waals surface area contributed by atoms with Gasteiger partial charge in [0.15, 0.2) is 0 Å². The van der Waals surface area contributed by atoms with E-state index < -0.39 is 0 Å². The highest BCUT2D eigenvalue weighted by Crippen LogP contribution is 2.31. The third-order valence-corrected chi connectivity index (χ3v) is 6.41. The second-order valence-corrected chi connectivity index (χ2v) is 9.06. The van der Waals surface area contributed by atoms with Crippen molar-refractivity contribution in [3.8, 4) is 22.5 Å². The van der Waals surface area contributed by atoms with E-state index >= 15 is 0 Å². The monoisotopic (exact) mass is 453 g/mol. The maximum absolute atomic E-state index is 4.79. The Hall–Kier alpha value is -3.55. The maximum Gasteiger partial charge on any atom is 0.227 e. The van der Waals surface area contributed by atoms with Crippen molar-refractivity contribution in [2.45, 2.75) is 13.5 Å². The summed E-state index contributed by atoms with van der Waals surface area (Å²) in [5, 5.41) is 7.85. The van der Waals surface area contributed by atoms with Crippen molar-refractivity contribution in [2.24, 2.45) is 7.05 Å². The number of hydrogen-bond donors (Lipinski definition) is 1. The summed E-state index contributed by atoms with van der Waals surface area (Å²) < 4.78 is 1.90. The predicted octanol–water partition coefficient (Wildman–Crippen LogP) is 4.34. The van der Waals surface area contributed by atoms with Gasteiger partial charge in [0, 0.05) is 62.8 Å². The Labute approximate surface area is 201 Å². The van der Waals surface area contributed by atoms with E-state index in [9.17, 15) is 0 Å². The summed E-state index contributed by atoms with van der Waals surface area (Å²) in [7, 11) is 4.15. The highest BCUT2D eigenvalue weighted by molar-refractivity contribution is 5.79. The first kappa shape index (κ1) is 22.3. The van der Waals surface area contributed by atoms with Gasteiger partial charge >= 0.3 is 0 Å². The molecule has 1 saturated heterocycles. The lowest BCUT2D eigenvalue weighted by Crippen LogP contribution is -2.43. The third-order valence-electron chi connectivity index (χ3n) is 6.41. The van der Waals surface area contributed by atoms with E-state index in [1.54, 1.807) is 6.20 Å². The Bertz CT molecular complexity index is 1240. The molecule has 1 fully saturated rings. The van der Waals surface area contributed by atoms with Gasteiger partial charge < -0.3 is 10.2 Å². The van der Waals surface area contributed by atoms with Crippen LogP contribution in [-0.4, -0.2) is 62.8 Å². The maximum atomic E-state index is 4.79. The van der Waals surface area contributed by atoms with Gasteiger partial charge in [-0.25, -0.2) is 9.97 Å². The number of aromatic nitrogens is 4.